The van der Waals surface area contributed by atoms with Gasteiger partial charge in [0.15, 0.2) is 0 Å². The van der Waals surface area contributed by atoms with Crippen LogP contribution in [0.15, 0.2) is 30.3 Å². The summed E-state index contributed by atoms with van der Waals surface area (Å²) in [5.41, 5.74) is 4.67. The summed E-state index contributed by atoms with van der Waals surface area (Å²) in [5.74, 6) is 0. The van der Waals surface area contributed by atoms with Crippen LogP contribution >= 0.6 is 0 Å². The molecule has 0 heterocycles. The molecule has 0 spiro atoms. The summed E-state index contributed by atoms with van der Waals surface area (Å²) in [5, 5.41) is 2.82. The van der Waals surface area contributed by atoms with Gasteiger partial charge in [-0.25, -0.2) is 0 Å². The lowest BCUT2D eigenvalue weighted by Gasteiger charge is -2.28. The minimum absolute atomic E-state index is 1.08. The molecular weight excluding hydrogens is 266 g/mol. The Hall–Kier alpha value is -1.50. The number of nitrogens with zero attached hydrogens (tertiary/aromatic N) is 1. The van der Waals surface area contributed by atoms with Crippen LogP contribution in [0.3, 0.4) is 0 Å². The van der Waals surface area contributed by atoms with E-state index in [-0.39, 0.29) is 0 Å². The minimum atomic E-state index is 1.08. The van der Waals surface area contributed by atoms with E-state index in [9.17, 15) is 0 Å². The second-order valence-corrected chi connectivity index (χ2v) is 6.11. The summed E-state index contributed by atoms with van der Waals surface area (Å²) in [7, 11) is 0. The predicted molar refractivity (Wildman–Crippen MR) is 100 cm³/mol. The molecule has 2 aromatic rings. The van der Waals surface area contributed by atoms with E-state index < -0.39 is 0 Å². The highest BCUT2D eigenvalue weighted by Gasteiger charge is 2.16. The van der Waals surface area contributed by atoms with Crippen molar-refractivity contribution in [2.24, 2.45) is 0 Å². The van der Waals surface area contributed by atoms with Crippen LogP contribution in [0.5, 0.6) is 0 Å². The molecule has 1 nitrogen and oxygen atoms in total. The van der Waals surface area contributed by atoms with Gasteiger partial charge in [0.1, 0.15) is 0 Å². The fourth-order valence-corrected chi connectivity index (χ4v) is 3.45. The van der Waals surface area contributed by atoms with E-state index in [1.807, 2.05) is 0 Å². The van der Waals surface area contributed by atoms with Gasteiger partial charge in [-0.05, 0) is 49.6 Å². The molecule has 0 fully saturated rings. The van der Waals surface area contributed by atoms with Crippen LogP contribution in [0.4, 0.5) is 5.69 Å². The average molecular weight is 297 g/mol. The van der Waals surface area contributed by atoms with Gasteiger partial charge in [0.2, 0.25) is 0 Å². The normalized spacial score (nSPS) is 11.1. The molecule has 0 radical (unpaired) electrons. The zero-order valence-electron chi connectivity index (χ0n) is 14.8. The molecule has 2 aromatic carbocycles. The second-order valence-electron chi connectivity index (χ2n) is 6.11. The molecule has 0 bridgehead atoms. The molecule has 2 rings (SSSR count). The van der Waals surface area contributed by atoms with E-state index >= 15 is 0 Å². The zero-order valence-corrected chi connectivity index (χ0v) is 14.8. The number of benzene rings is 2. The standard InChI is InChI=1S/C21H31N/c1-5-9-13-17-16-18-14-10-11-15-20(18)21(19(17)12-6-2)22(7-3)8-4/h10-11,14-16H,5-9,12-13H2,1-4H3. The van der Waals surface area contributed by atoms with E-state index in [0.717, 1.165) is 13.1 Å². The van der Waals surface area contributed by atoms with Gasteiger partial charge in [0.05, 0.1) is 0 Å². The second kappa shape index (κ2) is 8.22. The monoisotopic (exact) mass is 297 g/mol. The van der Waals surface area contributed by atoms with Gasteiger partial charge in [-0.1, -0.05) is 57.0 Å². The highest BCUT2D eigenvalue weighted by Crippen LogP contribution is 2.35. The van der Waals surface area contributed by atoms with Crippen molar-refractivity contribution in [1.82, 2.24) is 0 Å². The fourth-order valence-electron chi connectivity index (χ4n) is 3.45. The van der Waals surface area contributed by atoms with Crippen molar-refractivity contribution in [3.05, 3.63) is 41.5 Å². The molecule has 120 valence electrons. The Bertz CT molecular complexity index is 596. The van der Waals surface area contributed by atoms with Crippen molar-refractivity contribution in [2.45, 2.75) is 59.8 Å². The van der Waals surface area contributed by atoms with E-state index in [2.05, 4.69) is 62.9 Å². The Morgan fingerprint density at radius 3 is 2.23 bits per heavy atom. The largest absolute Gasteiger partial charge is 0.371 e. The number of hydrogen-bond donors (Lipinski definition) is 0. The highest BCUT2D eigenvalue weighted by atomic mass is 15.1. The molecule has 22 heavy (non-hydrogen) atoms. The lowest BCUT2D eigenvalue weighted by Crippen LogP contribution is -2.24. The van der Waals surface area contributed by atoms with Crippen LogP contribution in [0.25, 0.3) is 10.8 Å². The lowest BCUT2D eigenvalue weighted by molar-refractivity contribution is 0.776. The third-order valence-electron chi connectivity index (χ3n) is 4.60. The van der Waals surface area contributed by atoms with Gasteiger partial charge in [0, 0.05) is 24.2 Å². The van der Waals surface area contributed by atoms with Crippen molar-refractivity contribution >= 4 is 16.5 Å². The molecule has 0 N–H and O–H groups in total. The molecule has 0 amide bonds. The summed E-state index contributed by atoms with van der Waals surface area (Å²) in [6.45, 7) is 11.3. The Balaban J connectivity index is 2.69. The molecule has 0 aromatic heterocycles. The van der Waals surface area contributed by atoms with Crippen LogP contribution in [-0.4, -0.2) is 13.1 Å². The highest BCUT2D eigenvalue weighted by molar-refractivity contribution is 5.97. The molecule has 0 atom stereocenters. The van der Waals surface area contributed by atoms with Crippen molar-refractivity contribution in [3.63, 3.8) is 0 Å². The Labute approximate surface area is 136 Å². The SMILES string of the molecule is CCCCc1cc2ccccc2c(N(CC)CC)c1CCC. The van der Waals surface area contributed by atoms with E-state index in [0.29, 0.717) is 0 Å². The van der Waals surface area contributed by atoms with Crippen LogP contribution in [-0.2, 0) is 12.8 Å². The number of hydrogen-bond acceptors (Lipinski definition) is 1. The Morgan fingerprint density at radius 2 is 1.59 bits per heavy atom. The summed E-state index contributed by atoms with van der Waals surface area (Å²) in [6, 6.07) is 11.4. The smallest absolute Gasteiger partial charge is 0.0481 e. The summed E-state index contributed by atoms with van der Waals surface area (Å²) in [6.07, 6.45) is 6.16. The molecule has 0 aliphatic heterocycles. The van der Waals surface area contributed by atoms with Gasteiger partial charge < -0.3 is 4.90 Å². The summed E-state index contributed by atoms with van der Waals surface area (Å²) in [4.78, 5) is 2.54. The van der Waals surface area contributed by atoms with Crippen molar-refractivity contribution in [3.8, 4) is 0 Å². The first-order valence-electron chi connectivity index (χ1n) is 9.05. The number of aryl methyl sites for hydroxylation is 1. The molecule has 1 heteroatoms. The summed E-state index contributed by atoms with van der Waals surface area (Å²) < 4.78 is 0. The van der Waals surface area contributed by atoms with E-state index in [4.69, 9.17) is 0 Å². The fraction of sp³-hybridized carbons (Fsp3) is 0.524. The third kappa shape index (κ3) is 3.45. The van der Waals surface area contributed by atoms with Crippen LogP contribution in [0.1, 0.15) is 58.1 Å². The maximum atomic E-state index is 2.54. The molecule has 0 saturated heterocycles. The molecular formula is C21H31N. The Morgan fingerprint density at radius 1 is 0.864 bits per heavy atom. The summed E-state index contributed by atoms with van der Waals surface area (Å²) >= 11 is 0. The topological polar surface area (TPSA) is 3.24 Å². The quantitative estimate of drug-likeness (QED) is 0.579. The number of unbranched alkanes of at least 4 members (excludes halogenated alkanes) is 1. The first kappa shape index (κ1) is 16.9. The van der Waals surface area contributed by atoms with Gasteiger partial charge in [0.25, 0.3) is 0 Å². The maximum absolute atomic E-state index is 2.54. The van der Waals surface area contributed by atoms with Gasteiger partial charge in [-0.3, -0.25) is 0 Å². The van der Waals surface area contributed by atoms with E-state index in [1.165, 1.54) is 48.6 Å². The van der Waals surface area contributed by atoms with Crippen LogP contribution in [0, 0.1) is 0 Å². The zero-order chi connectivity index (χ0) is 15.9. The van der Waals surface area contributed by atoms with E-state index in [1.54, 1.807) is 11.1 Å². The molecule has 0 aliphatic rings. The first-order valence-corrected chi connectivity index (χ1v) is 9.05. The van der Waals surface area contributed by atoms with Crippen LogP contribution < -0.4 is 4.90 Å². The molecule has 0 aliphatic carbocycles. The predicted octanol–water partition coefficient (Wildman–Crippen LogP) is 5.98. The minimum Gasteiger partial charge on any atom is -0.371 e. The third-order valence-corrected chi connectivity index (χ3v) is 4.60. The number of rotatable bonds is 8. The Kier molecular flexibility index (Phi) is 6.30. The van der Waals surface area contributed by atoms with Crippen molar-refractivity contribution < 1.29 is 0 Å². The molecule has 0 saturated carbocycles. The van der Waals surface area contributed by atoms with Crippen molar-refractivity contribution in [2.75, 3.05) is 18.0 Å². The maximum Gasteiger partial charge on any atom is 0.0481 e. The van der Waals surface area contributed by atoms with Crippen molar-refractivity contribution in [1.29, 1.82) is 0 Å². The number of fused-ring (bicyclic) bond motifs is 1. The lowest BCUT2D eigenvalue weighted by atomic mass is 9.91. The first-order chi connectivity index (χ1) is 10.8. The molecule has 0 unspecified atom stereocenters. The van der Waals surface area contributed by atoms with Gasteiger partial charge in [-0.2, -0.15) is 0 Å². The number of anilines is 1. The van der Waals surface area contributed by atoms with Crippen LogP contribution in [0.2, 0.25) is 0 Å². The van der Waals surface area contributed by atoms with Gasteiger partial charge in [-0.15, -0.1) is 0 Å². The van der Waals surface area contributed by atoms with Gasteiger partial charge >= 0.3 is 0 Å². The average Bonchev–Trinajstić information content (AvgIpc) is 2.55.